The molecular formula is C21H25N3O3S. The molecule has 28 heavy (non-hydrogen) atoms. The van der Waals surface area contributed by atoms with E-state index in [9.17, 15) is 8.42 Å². The lowest BCUT2D eigenvalue weighted by Crippen LogP contribution is -2.12. The van der Waals surface area contributed by atoms with Gasteiger partial charge in [0.2, 0.25) is 10.0 Å². The first-order valence-corrected chi connectivity index (χ1v) is 10.8. The molecule has 0 atom stereocenters. The number of sulfonamides is 1. The van der Waals surface area contributed by atoms with Crippen molar-refractivity contribution in [1.82, 2.24) is 9.78 Å². The Morgan fingerprint density at radius 1 is 1.07 bits per heavy atom. The topological polar surface area (TPSA) is 87.2 Å². The molecule has 148 valence electrons. The molecule has 1 heterocycles. The molecular weight excluding hydrogens is 374 g/mol. The van der Waals surface area contributed by atoms with Crippen molar-refractivity contribution in [2.24, 2.45) is 5.14 Å². The molecule has 0 fully saturated rings. The van der Waals surface area contributed by atoms with E-state index in [0.29, 0.717) is 13.2 Å². The van der Waals surface area contributed by atoms with Gasteiger partial charge in [0, 0.05) is 12.2 Å². The molecule has 0 saturated heterocycles. The number of unbranched alkanes of at least 4 members (excludes halogenated alkanes) is 1. The number of nitrogens with zero attached hydrogens (tertiary/aromatic N) is 2. The third-order valence-corrected chi connectivity index (χ3v) is 5.34. The van der Waals surface area contributed by atoms with Crippen LogP contribution in [0.15, 0.2) is 59.5 Å². The number of primary sulfonamides is 1. The van der Waals surface area contributed by atoms with Gasteiger partial charge in [-0.25, -0.2) is 18.2 Å². The molecule has 0 bridgehead atoms. The first kappa shape index (κ1) is 20.3. The third-order valence-electron chi connectivity index (χ3n) is 4.41. The van der Waals surface area contributed by atoms with Crippen molar-refractivity contribution in [3.8, 4) is 16.9 Å². The van der Waals surface area contributed by atoms with E-state index in [-0.39, 0.29) is 4.90 Å². The molecule has 3 rings (SSSR count). The minimum Gasteiger partial charge on any atom is -0.375 e. The highest BCUT2D eigenvalue weighted by Crippen LogP contribution is 2.25. The fraction of sp³-hybridized carbons (Fsp3) is 0.286. The van der Waals surface area contributed by atoms with Gasteiger partial charge in [0.15, 0.2) is 0 Å². The Kier molecular flexibility index (Phi) is 6.28. The van der Waals surface area contributed by atoms with Crippen molar-refractivity contribution in [3.05, 3.63) is 65.9 Å². The molecule has 0 saturated carbocycles. The molecule has 2 N–H and O–H groups in total. The second kappa shape index (κ2) is 8.68. The quantitative estimate of drug-likeness (QED) is 0.584. The van der Waals surface area contributed by atoms with Gasteiger partial charge in [-0.15, -0.1) is 0 Å². The lowest BCUT2D eigenvalue weighted by atomic mass is 10.1. The molecule has 2 aromatic carbocycles. The van der Waals surface area contributed by atoms with E-state index in [1.54, 1.807) is 16.8 Å². The van der Waals surface area contributed by atoms with Crippen LogP contribution in [0, 0.1) is 6.92 Å². The van der Waals surface area contributed by atoms with Crippen LogP contribution >= 0.6 is 0 Å². The second-order valence-electron chi connectivity index (χ2n) is 6.74. The molecule has 0 aliphatic rings. The zero-order valence-electron chi connectivity index (χ0n) is 16.1. The highest BCUT2D eigenvalue weighted by Gasteiger charge is 2.14. The largest absolute Gasteiger partial charge is 0.375 e. The summed E-state index contributed by atoms with van der Waals surface area (Å²) in [7, 11) is -3.73. The van der Waals surface area contributed by atoms with Gasteiger partial charge in [-0.05, 0) is 43.7 Å². The maximum atomic E-state index is 11.5. The molecule has 6 nitrogen and oxygen atoms in total. The number of ether oxygens (including phenoxy) is 1. The smallest absolute Gasteiger partial charge is 0.238 e. The molecule has 0 aliphatic carbocycles. The van der Waals surface area contributed by atoms with Crippen LogP contribution in [0.3, 0.4) is 0 Å². The van der Waals surface area contributed by atoms with Crippen LogP contribution in [-0.4, -0.2) is 24.8 Å². The summed E-state index contributed by atoms with van der Waals surface area (Å²) in [4.78, 5) is 0.0726. The summed E-state index contributed by atoms with van der Waals surface area (Å²) in [5.41, 5.74) is 4.69. The van der Waals surface area contributed by atoms with E-state index in [1.165, 1.54) is 17.7 Å². The van der Waals surface area contributed by atoms with E-state index in [1.807, 2.05) is 37.3 Å². The zero-order chi connectivity index (χ0) is 20.1. The number of nitrogens with two attached hydrogens (primary N) is 1. The van der Waals surface area contributed by atoms with E-state index in [0.717, 1.165) is 35.5 Å². The van der Waals surface area contributed by atoms with Crippen molar-refractivity contribution in [2.75, 3.05) is 6.61 Å². The molecule has 1 aromatic heterocycles. The maximum Gasteiger partial charge on any atom is 0.238 e. The van der Waals surface area contributed by atoms with Crippen molar-refractivity contribution >= 4 is 10.0 Å². The number of benzene rings is 2. The fourth-order valence-corrected chi connectivity index (χ4v) is 3.34. The fourth-order valence-electron chi connectivity index (χ4n) is 2.83. The summed E-state index contributed by atoms with van der Waals surface area (Å²) in [5.74, 6) is 0. The SMILES string of the molecule is CCCCOCc1cc(-c2ccc(C)cc2)n(-c2ccc(S(N)(=O)=O)cc2)n1. The lowest BCUT2D eigenvalue weighted by Gasteiger charge is -2.09. The molecule has 0 aliphatic heterocycles. The van der Waals surface area contributed by atoms with Crippen LogP contribution in [0.2, 0.25) is 0 Å². The predicted molar refractivity (Wildman–Crippen MR) is 110 cm³/mol. The summed E-state index contributed by atoms with van der Waals surface area (Å²) in [6.45, 7) is 5.30. The number of rotatable bonds is 8. The summed E-state index contributed by atoms with van der Waals surface area (Å²) in [6.07, 6.45) is 2.10. The van der Waals surface area contributed by atoms with E-state index >= 15 is 0 Å². The summed E-state index contributed by atoms with van der Waals surface area (Å²) >= 11 is 0. The first-order valence-electron chi connectivity index (χ1n) is 9.25. The van der Waals surface area contributed by atoms with E-state index < -0.39 is 10.0 Å². The van der Waals surface area contributed by atoms with Crippen LogP contribution < -0.4 is 5.14 Å². The number of hydrogen-bond acceptors (Lipinski definition) is 4. The minimum atomic E-state index is -3.73. The van der Waals surface area contributed by atoms with Gasteiger partial charge in [0.1, 0.15) is 0 Å². The number of aromatic nitrogens is 2. The van der Waals surface area contributed by atoms with Gasteiger partial charge < -0.3 is 4.74 Å². The summed E-state index contributed by atoms with van der Waals surface area (Å²) in [6, 6.07) is 16.6. The van der Waals surface area contributed by atoms with Gasteiger partial charge >= 0.3 is 0 Å². The van der Waals surface area contributed by atoms with Crippen molar-refractivity contribution in [3.63, 3.8) is 0 Å². The highest BCUT2D eigenvalue weighted by atomic mass is 32.2. The predicted octanol–water partition coefficient (Wildman–Crippen LogP) is 3.81. The molecule has 0 unspecified atom stereocenters. The monoisotopic (exact) mass is 399 g/mol. The highest BCUT2D eigenvalue weighted by molar-refractivity contribution is 7.89. The zero-order valence-corrected chi connectivity index (χ0v) is 16.9. The van der Waals surface area contributed by atoms with E-state index in [2.05, 4.69) is 12.0 Å². The molecule has 3 aromatic rings. The third kappa shape index (κ3) is 4.86. The standard InChI is InChI=1S/C21H25N3O3S/c1-3-4-13-27-15-18-14-21(17-7-5-16(2)6-8-17)24(23-18)19-9-11-20(12-10-19)28(22,25)26/h5-12,14H,3-4,13,15H2,1-2H3,(H2,22,25,26). The van der Waals surface area contributed by atoms with Crippen LogP contribution in [-0.2, 0) is 21.4 Å². The lowest BCUT2D eigenvalue weighted by molar-refractivity contribution is 0.115. The Morgan fingerprint density at radius 3 is 2.36 bits per heavy atom. The second-order valence-corrected chi connectivity index (χ2v) is 8.31. The number of hydrogen-bond donors (Lipinski definition) is 1. The van der Waals surface area contributed by atoms with Gasteiger partial charge in [-0.2, -0.15) is 5.10 Å². The summed E-state index contributed by atoms with van der Waals surface area (Å²) < 4.78 is 30.5. The van der Waals surface area contributed by atoms with Crippen molar-refractivity contribution < 1.29 is 13.2 Å². The Labute approximate surface area is 166 Å². The van der Waals surface area contributed by atoms with Crippen LogP contribution in [0.25, 0.3) is 16.9 Å². The van der Waals surface area contributed by atoms with Crippen LogP contribution in [0.4, 0.5) is 0 Å². The number of aryl methyl sites for hydroxylation is 1. The van der Waals surface area contributed by atoms with Crippen molar-refractivity contribution in [1.29, 1.82) is 0 Å². The van der Waals surface area contributed by atoms with Gasteiger partial charge in [0.25, 0.3) is 0 Å². The Balaban J connectivity index is 1.97. The Morgan fingerprint density at radius 2 is 1.75 bits per heavy atom. The van der Waals surface area contributed by atoms with Crippen molar-refractivity contribution in [2.45, 2.75) is 38.2 Å². The molecule has 0 amide bonds. The molecule has 0 spiro atoms. The van der Waals surface area contributed by atoms with Crippen LogP contribution in [0.1, 0.15) is 31.0 Å². The Hall–Kier alpha value is -2.48. The normalized spacial score (nSPS) is 11.7. The van der Waals surface area contributed by atoms with Gasteiger partial charge in [-0.1, -0.05) is 43.2 Å². The molecule has 0 radical (unpaired) electrons. The average molecular weight is 400 g/mol. The van der Waals surface area contributed by atoms with E-state index in [4.69, 9.17) is 9.88 Å². The molecule has 7 heteroatoms. The first-order chi connectivity index (χ1) is 13.4. The van der Waals surface area contributed by atoms with Crippen LogP contribution in [0.5, 0.6) is 0 Å². The Bertz CT molecular complexity index is 1020. The maximum absolute atomic E-state index is 11.5. The van der Waals surface area contributed by atoms with Gasteiger partial charge in [0.05, 0.1) is 28.6 Å². The summed E-state index contributed by atoms with van der Waals surface area (Å²) in [5, 5.41) is 9.88. The minimum absolute atomic E-state index is 0.0726. The van der Waals surface area contributed by atoms with Gasteiger partial charge in [-0.3, -0.25) is 0 Å². The average Bonchev–Trinajstić information content (AvgIpc) is 3.09.